The topological polar surface area (TPSA) is 82.5 Å². The Kier molecular flexibility index (Phi) is 6.14. The molecule has 7 heteroatoms. The van der Waals surface area contributed by atoms with Gasteiger partial charge in [0.15, 0.2) is 0 Å². The maximum absolute atomic E-state index is 12.1. The van der Waals surface area contributed by atoms with Crippen molar-refractivity contribution in [2.24, 2.45) is 5.41 Å². The van der Waals surface area contributed by atoms with Crippen LogP contribution in [0.4, 0.5) is 4.79 Å². The monoisotopic (exact) mass is 313 g/mol. The number of carboxylic acid groups (broad SMARTS) is 1. The van der Waals surface area contributed by atoms with Crippen molar-refractivity contribution in [1.82, 2.24) is 15.2 Å². The zero-order valence-electron chi connectivity index (χ0n) is 13.0. The fourth-order valence-corrected chi connectivity index (χ4v) is 2.66. The van der Waals surface area contributed by atoms with E-state index in [1.54, 1.807) is 7.05 Å². The molecule has 1 rings (SSSR count). The van der Waals surface area contributed by atoms with E-state index in [4.69, 9.17) is 0 Å². The van der Waals surface area contributed by atoms with Crippen LogP contribution in [0.3, 0.4) is 0 Å². The summed E-state index contributed by atoms with van der Waals surface area (Å²) in [5.74, 6) is -0.870. The fourth-order valence-electron chi connectivity index (χ4n) is 2.05. The first-order valence-corrected chi connectivity index (χ1v) is 7.86. The molecule has 0 bridgehead atoms. The van der Waals surface area contributed by atoms with E-state index < -0.39 is 11.4 Å². The van der Waals surface area contributed by atoms with Gasteiger partial charge in [0.25, 0.3) is 0 Å². The highest BCUT2D eigenvalue weighted by atomic mass is 32.1. The van der Waals surface area contributed by atoms with Gasteiger partial charge in [-0.25, -0.2) is 9.78 Å². The summed E-state index contributed by atoms with van der Waals surface area (Å²) in [5, 5.41) is 14.9. The van der Waals surface area contributed by atoms with E-state index in [2.05, 4.69) is 10.3 Å². The van der Waals surface area contributed by atoms with Crippen LogP contribution in [0.15, 0.2) is 5.38 Å². The highest BCUT2D eigenvalue weighted by molar-refractivity contribution is 7.09. The smallest absolute Gasteiger partial charge is 0.317 e. The number of hydrogen-bond acceptors (Lipinski definition) is 4. The molecule has 0 aliphatic carbocycles. The minimum Gasteiger partial charge on any atom is -0.481 e. The average molecular weight is 313 g/mol. The van der Waals surface area contributed by atoms with E-state index in [-0.39, 0.29) is 12.6 Å². The third kappa shape index (κ3) is 4.42. The number of thiazole rings is 1. The minimum atomic E-state index is -0.895. The van der Waals surface area contributed by atoms with Crippen LogP contribution < -0.4 is 5.32 Å². The Balaban J connectivity index is 2.57. The second-order valence-corrected chi connectivity index (χ2v) is 6.23. The number of nitrogens with zero attached hydrogens (tertiary/aromatic N) is 2. The Morgan fingerprint density at radius 3 is 2.48 bits per heavy atom. The first-order chi connectivity index (χ1) is 9.84. The molecule has 1 aromatic heterocycles. The molecule has 0 aliphatic heterocycles. The van der Waals surface area contributed by atoms with Gasteiger partial charge in [-0.05, 0) is 19.8 Å². The molecule has 0 unspecified atom stereocenters. The standard InChI is InChI=1S/C14H23N3O3S/c1-5-14(6-2,12(18)19)9-15-13(20)17(4)7-11-8-21-10(3)16-11/h8H,5-7,9H2,1-4H3,(H,15,20)(H,18,19). The van der Waals surface area contributed by atoms with Gasteiger partial charge >= 0.3 is 12.0 Å². The van der Waals surface area contributed by atoms with Gasteiger partial charge < -0.3 is 15.3 Å². The maximum Gasteiger partial charge on any atom is 0.317 e. The van der Waals surface area contributed by atoms with Gasteiger partial charge in [-0.3, -0.25) is 4.79 Å². The van der Waals surface area contributed by atoms with Crippen LogP contribution in [0.5, 0.6) is 0 Å². The van der Waals surface area contributed by atoms with Crippen molar-refractivity contribution in [2.45, 2.75) is 40.2 Å². The normalized spacial score (nSPS) is 11.2. The summed E-state index contributed by atoms with van der Waals surface area (Å²) in [7, 11) is 1.67. The van der Waals surface area contributed by atoms with Crippen LogP contribution in [0, 0.1) is 12.3 Å². The lowest BCUT2D eigenvalue weighted by atomic mass is 9.82. The highest BCUT2D eigenvalue weighted by Gasteiger charge is 2.35. The van der Waals surface area contributed by atoms with Gasteiger partial charge in [0.05, 0.1) is 22.7 Å². The van der Waals surface area contributed by atoms with Crippen LogP contribution in [-0.4, -0.2) is 40.6 Å². The number of hydrogen-bond donors (Lipinski definition) is 2. The molecule has 2 N–H and O–H groups in total. The number of rotatable bonds is 7. The zero-order valence-corrected chi connectivity index (χ0v) is 13.8. The Labute approximate surface area is 129 Å². The number of aromatic nitrogens is 1. The van der Waals surface area contributed by atoms with Gasteiger partial charge in [-0.15, -0.1) is 11.3 Å². The van der Waals surface area contributed by atoms with Crippen molar-refractivity contribution in [3.63, 3.8) is 0 Å². The van der Waals surface area contributed by atoms with Crippen LogP contribution in [0.25, 0.3) is 0 Å². The lowest BCUT2D eigenvalue weighted by Gasteiger charge is -2.28. The Morgan fingerprint density at radius 1 is 1.43 bits per heavy atom. The summed E-state index contributed by atoms with van der Waals surface area (Å²) in [6.07, 6.45) is 0.961. The number of aliphatic carboxylic acids is 1. The maximum atomic E-state index is 12.1. The molecule has 118 valence electrons. The van der Waals surface area contributed by atoms with Gasteiger partial charge in [0, 0.05) is 19.0 Å². The largest absolute Gasteiger partial charge is 0.481 e. The molecule has 1 heterocycles. The summed E-state index contributed by atoms with van der Waals surface area (Å²) in [5.41, 5.74) is -0.0566. The van der Waals surface area contributed by atoms with E-state index in [0.29, 0.717) is 19.4 Å². The third-order valence-electron chi connectivity index (χ3n) is 3.80. The summed E-state index contributed by atoms with van der Waals surface area (Å²) in [4.78, 5) is 29.3. The zero-order chi connectivity index (χ0) is 16.0. The number of carbonyl (C=O) groups is 2. The Hall–Kier alpha value is -1.63. The molecule has 0 atom stereocenters. The van der Waals surface area contributed by atoms with E-state index in [9.17, 15) is 14.7 Å². The summed E-state index contributed by atoms with van der Waals surface area (Å²) in [6, 6.07) is -0.284. The summed E-state index contributed by atoms with van der Waals surface area (Å²) >= 11 is 1.54. The quantitative estimate of drug-likeness (QED) is 0.810. The first-order valence-electron chi connectivity index (χ1n) is 6.98. The highest BCUT2D eigenvalue weighted by Crippen LogP contribution is 2.25. The first kappa shape index (κ1) is 17.4. The second-order valence-electron chi connectivity index (χ2n) is 5.17. The van der Waals surface area contributed by atoms with Crippen molar-refractivity contribution in [3.8, 4) is 0 Å². The Bertz CT molecular complexity index is 497. The molecule has 6 nitrogen and oxygen atoms in total. The number of urea groups is 1. The molecular formula is C14H23N3O3S. The lowest BCUT2D eigenvalue weighted by Crippen LogP contribution is -2.46. The number of carbonyl (C=O) groups excluding carboxylic acids is 1. The van der Waals surface area contributed by atoms with Crippen LogP contribution in [-0.2, 0) is 11.3 Å². The van der Waals surface area contributed by atoms with E-state index >= 15 is 0 Å². The SMILES string of the molecule is CCC(CC)(CNC(=O)N(C)Cc1csc(C)n1)C(=O)O. The third-order valence-corrected chi connectivity index (χ3v) is 4.62. The van der Waals surface area contributed by atoms with Crippen molar-refractivity contribution >= 4 is 23.3 Å². The molecular weight excluding hydrogens is 290 g/mol. The van der Waals surface area contributed by atoms with Crippen molar-refractivity contribution in [1.29, 1.82) is 0 Å². The fraction of sp³-hybridized carbons (Fsp3) is 0.643. The van der Waals surface area contributed by atoms with Gasteiger partial charge in [-0.1, -0.05) is 13.8 Å². The molecule has 2 amide bonds. The Morgan fingerprint density at radius 2 is 2.05 bits per heavy atom. The van der Waals surface area contributed by atoms with Crippen LogP contribution in [0.2, 0.25) is 0 Å². The molecule has 0 aromatic carbocycles. The van der Waals surface area contributed by atoms with E-state index in [1.165, 1.54) is 16.2 Å². The molecule has 21 heavy (non-hydrogen) atoms. The van der Waals surface area contributed by atoms with Gasteiger partial charge in [0.1, 0.15) is 0 Å². The van der Waals surface area contributed by atoms with Crippen molar-refractivity contribution < 1.29 is 14.7 Å². The predicted octanol–water partition coefficient (Wildman–Crippen LogP) is 2.48. The second kappa shape index (κ2) is 7.40. The number of aryl methyl sites for hydroxylation is 1. The van der Waals surface area contributed by atoms with Gasteiger partial charge in [0.2, 0.25) is 0 Å². The van der Waals surface area contributed by atoms with Crippen LogP contribution >= 0.6 is 11.3 Å². The summed E-state index contributed by atoms with van der Waals surface area (Å²) < 4.78 is 0. The van der Waals surface area contributed by atoms with Gasteiger partial charge in [-0.2, -0.15) is 0 Å². The predicted molar refractivity (Wildman–Crippen MR) is 82.4 cm³/mol. The molecule has 0 fully saturated rings. The van der Waals surface area contributed by atoms with Crippen LogP contribution in [0.1, 0.15) is 37.4 Å². The number of amides is 2. The lowest BCUT2D eigenvalue weighted by molar-refractivity contribution is -0.149. The molecule has 1 aromatic rings. The van der Waals surface area contributed by atoms with Crippen molar-refractivity contribution in [3.05, 3.63) is 16.1 Å². The van der Waals surface area contributed by atoms with E-state index in [1.807, 2.05) is 26.2 Å². The summed E-state index contributed by atoms with van der Waals surface area (Å²) in [6.45, 7) is 6.11. The number of carboxylic acids is 1. The molecule has 0 spiro atoms. The minimum absolute atomic E-state index is 0.134. The average Bonchev–Trinajstić information content (AvgIpc) is 2.85. The molecule has 0 saturated carbocycles. The number of nitrogens with one attached hydrogen (secondary N) is 1. The molecule has 0 saturated heterocycles. The molecule has 0 aliphatic rings. The molecule has 0 radical (unpaired) electrons. The van der Waals surface area contributed by atoms with E-state index in [0.717, 1.165) is 10.7 Å². The van der Waals surface area contributed by atoms with Crippen molar-refractivity contribution in [2.75, 3.05) is 13.6 Å².